The average molecular weight is 206 g/mol. The summed E-state index contributed by atoms with van der Waals surface area (Å²) >= 11 is 0. The van der Waals surface area contributed by atoms with Crippen LogP contribution in [0.2, 0.25) is 0 Å². The van der Waals surface area contributed by atoms with E-state index in [0.717, 1.165) is 11.4 Å². The van der Waals surface area contributed by atoms with Gasteiger partial charge < -0.3 is 9.09 Å². The van der Waals surface area contributed by atoms with E-state index in [1.54, 1.807) is 6.33 Å². The minimum absolute atomic E-state index is 0.000472. The molecule has 0 aromatic carbocycles. The van der Waals surface area contributed by atoms with Crippen LogP contribution in [-0.2, 0) is 6.54 Å². The van der Waals surface area contributed by atoms with Gasteiger partial charge in [-0.05, 0) is 13.8 Å². The Kier molecular flexibility index (Phi) is 2.32. The molecule has 0 aliphatic heterocycles. The molecule has 0 atom stereocenters. The molecule has 2 rings (SSSR count). The molecule has 15 heavy (non-hydrogen) atoms. The van der Waals surface area contributed by atoms with Crippen LogP contribution in [0.4, 0.5) is 0 Å². The molecule has 2 aromatic rings. The van der Waals surface area contributed by atoms with Gasteiger partial charge in [-0.3, -0.25) is 4.79 Å². The Balaban J connectivity index is 2.21. The molecule has 0 aliphatic carbocycles. The van der Waals surface area contributed by atoms with Crippen molar-refractivity contribution in [1.29, 1.82) is 0 Å². The van der Waals surface area contributed by atoms with Gasteiger partial charge in [-0.15, -0.1) is 0 Å². The Morgan fingerprint density at radius 1 is 1.53 bits per heavy atom. The van der Waals surface area contributed by atoms with Crippen molar-refractivity contribution >= 4 is 6.29 Å². The zero-order chi connectivity index (χ0) is 10.8. The van der Waals surface area contributed by atoms with Crippen LogP contribution >= 0.6 is 0 Å². The molecular weight excluding hydrogens is 196 g/mol. The fourth-order valence-electron chi connectivity index (χ4n) is 1.24. The predicted octanol–water partition coefficient (Wildman–Crippen LogP) is 0.744. The van der Waals surface area contributed by atoms with Crippen LogP contribution in [0.25, 0.3) is 0 Å². The van der Waals surface area contributed by atoms with Gasteiger partial charge in [0.25, 0.3) is 5.89 Å². The fourth-order valence-corrected chi connectivity index (χ4v) is 1.24. The maximum absolute atomic E-state index is 10.3. The molecule has 0 spiro atoms. The van der Waals surface area contributed by atoms with Crippen molar-refractivity contribution in [2.75, 3.05) is 0 Å². The highest BCUT2D eigenvalue weighted by molar-refractivity contribution is 5.66. The Labute approximate surface area is 85.9 Å². The molecule has 2 heterocycles. The highest BCUT2D eigenvalue weighted by Gasteiger charge is 2.08. The third-order valence-corrected chi connectivity index (χ3v) is 2.24. The second-order valence-electron chi connectivity index (χ2n) is 3.21. The number of nitrogens with zero attached hydrogens (tertiary/aromatic N) is 4. The van der Waals surface area contributed by atoms with Gasteiger partial charge in [-0.2, -0.15) is 4.98 Å². The van der Waals surface area contributed by atoms with Crippen LogP contribution in [0.1, 0.15) is 27.9 Å². The molecule has 0 aliphatic rings. The first-order valence-corrected chi connectivity index (χ1v) is 4.47. The Morgan fingerprint density at radius 3 is 2.87 bits per heavy atom. The van der Waals surface area contributed by atoms with Crippen molar-refractivity contribution in [3.63, 3.8) is 0 Å². The highest BCUT2D eigenvalue weighted by atomic mass is 16.5. The van der Waals surface area contributed by atoms with Crippen molar-refractivity contribution in [2.24, 2.45) is 0 Å². The summed E-state index contributed by atoms with van der Waals surface area (Å²) in [5, 5.41) is 3.67. The van der Waals surface area contributed by atoms with Crippen molar-refractivity contribution < 1.29 is 9.32 Å². The van der Waals surface area contributed by atoms with Crippen molar-refractivity contribution in [1.82, 2.24) is 19.7 Å². The fraction of sp³-hybridized carbons (Fsp3) is 0.333. The van der Waals surface area contributed by atoms with E-state index in [1.807, 2.05) is 18.4 Å². The van der Waals surface area contributed by atoms with Gasteiger partial charge in [0.2, 0.25) is 6.29 Å². The van der Waals surface area contributed by atoms with E-state index in [0.29, 0.717) is 18.7 Å². The van der Waals surface area contributed by atoms with E-state index in [-0.39, 0.29) is 5.89 Å². The lowest BCUT2D eigenvalue weighted by molar-refractivity contribution is 0.108. The van der Waals surface area contributed by atoms with Crippen LogP contribution in [0.5, 0.6) is 0 Å². The summed E-state index contributed by atoms with van der Waals surface area (Å²) < 4.78 is 6.57. The molecule has 78 valence electrons. The second kappa shape index (κ2) is 3.64. The number of hydrogen-bond acceptors (Lipinski definition) is 5. The van der Waals surface area contributed by atoms with E-state index in [2.05, 4.69) is 19.6 Å². The first-order chi connectivity index (χ1) is 7.20. The molecule has 0 saturated carbocycles. The largest absolute Gasteiger partial charge is 0.331 e. The predicted molar refractivity (Wildman–Crippen MR) is 50.5 cm³/mol. The minimum Gasteiger partial charge on any atom is -0.331 e. The van der Waals surface area contributed by atoms with E-state index in [4.69, 9.17) is 0 Å². The van der Waals surface area contributed by atoms with Gasteiger partial charge in [-0.25, -0.2) is 4.98 Å². The second-order valence-corrected chi connectivity index (χ2v) is 3.21. The number of carbonyl (C=O) groups is 1. The number of imidazole rings is 1. The number of hydrogen-bond donors (Lipinski definition) is 0. The smallest absolute Gasteiger partial charge is 0.290 e. The van der Waals surface area contributed by atoms with Gasteiger partial charge in [0.15, 0.2) is 5.82 Å². The molecule has 6 nitrogen and oxygen atoms in total. The van der Waals surface area contributed by atoms with Gasteiger partial charge in [0.05, 0.1) is 18.6 Å². The normalized spacial score (nSPS) is 10.5. The zero-order valence-corrected chi connectivity index (χ0v) is 8.47. The number of aromatic nitrogens is 4. The van der Waals surface area contributed by atoms with Crippen LogP contribution in [-0.4, -0.2) is 26.0 Å². The summed E-state index contributed by atoms with van der Waals surface area (Å²) in [7, 11) is 0. The standard InChI is InChI=1S/C9H10N4O2/c1-6-7(2)13(5-10-6)3-8-11-9(4-14)15-12-8/h4-5H,3H2,1-2H3. The van der Waals surface area contributed by atoms with Crippen LogP contribution in [0.3, 0.4) is 0 Å². The molecule has 6 heteroatoms. The van der Waals surface area contributed by atoms with Crippen molar-refractivity contribution in [3.8, 4) is 0 Å². The quantitative estimate of drug-likeness (QED) is 0.692. The minimum atomic E-state index is -0.000472. The lowest BCUT2D eigenvalue weighted by Crippen LogP contribution is -2.02. The maximum Gasteiger partial charge on any atom is 0.290 e. The first kappa shape index (κ1) is 9.57. The lowest BCUT2D eigenvalue weighted by atomic mass is 10.4. The molecule has 0 unspecified atom stereocenters. The van der Waals surface area contributed by atoms with Crippen LogP contribution < -0.4 is 0 Å². The number of aryl methyl sites for hydroxylation is 1. The Hall–Kier alpha value is -1.98. The van der Waals surface area contributed by atoms with Crippen LogP contribution in [0, 0.1) is 13.8 Å². The van der Waals surface area contributed by atoms with E-state index < -0.39 is 0 Å². The van der Waals surface area contributed by atoms with Crippen molar-refractivity contribution in [2.45, 2.75) is 20.4 Å². The average Bonchev–Trinajstić information content (AvgIpc) is 2.80. The number of carbonyl (C=O) groups excluding carboxylic acids is 1. The molecule has 0 saturated heterocycles. The summed E-state index contributed by atoms with van der Waals surface area (Å²) in [5.41, 5.74) is 2.02. The summed E-state index contributed by atoms with van der Waals surface area (Å²) in [6.07, 6.45) is 2.24. The summed E-state index contributed by atoms with van der Waals surface area (Å²) in [6.45, 7) is 4.35. The topological polar surface area (TPSA) is 73.8 Å². The van der Waals surface area contributed by atoms with Gasteiger partial charge >= 0.3 is 0 Å². The van der Waals surface area contributed by atoms with E-state index in [9.17, 15) is 4.79 Å². The van der Waals surface area contributed by atoms with Gasteiger partial charge in [0.1, 0.15) is 0 Å². The summed E-state index contributed by atoms with van der Waals surface area (Å²) in [6, 6.07) is 0. The third kappa shape index (κ3) is 1.78. The summed E-state index contributed by atoms with van der Waals surface area (Å²) in [4.78, 5) is 18.4. The molecule has 0 N–H and O–H groups in total. The third-order valence-electron chi connectivity index (χ3n) is 2.24. The molecule has 0 fully saturated rings. The van der Waals surface area contributed by atoms with Gasteiger partial charge in [0, 0.05) is 5.69 Å². The lowest BCUT2D eigenvalue weighted by Gasteiger charge is -1.99. The van der Waals surface area contributed by atoms with E-state index in [1.165, 1.54) is 0 Å². The zero-order valence-electron chi connectivity index (χ0n) is 8.47. The molecular formula is C9H10N4O2. The maximum atomic E-state index is 10.3. The highest BCUT2D eigenvalue weighted by Crippen LogP contribution is 2.06. The molecule has 0 bridgehead atoms. The SMILES string of the molecule is Cc1ncn(Cc2noc(C=O)n2)c1C. The summed E-state index contributed by atoms with van der Waals surface area (Å²) in [5.74, 6) is 0.470. The first-order valence-electron chi connectivity index (χ1n) is 4.47. The molecule has 0 amide bonds. The van der Waals surface area contributed by atoms with Crippen LogP contribution in [0.15, 0.2) is 10.9 Å². The molecule has 2 aromatic heterocycles. The number of aldehydes is 1. The Morgan fingerprint density at radius 2 is 2.33 bits per heavy atom. The molecule has 0 radical (unpaired) electrons. The monoisotopic (exact) mass is 206 g/mol. The number of rotatable bonds is 3. The van der Waals surface area contributed by atoms with E-state index >= 15 is 0 Å². The Bertz CT molecular complexity index is 486. The van der Waals surface area contributed by atoms with Gasteiger partial charge in [-0.1, -0.05) is 5.16 Å². The van der Waals surface area contributed by atoms with Crippen molar-refractivity contribution in [3.05, 3.63) is 29.4 Å².